The minimum atomic E-state index is 0.517. The molecule has 0 aliphatic heterocycles. The minimum Gasteiger partial charge on any atom is -0.285 e. The Bertz CT molecular complexity index is 461. The molecule has 0 fully saturated rings. The lowest BCUT2D eigenvalue weighted by Crippen LogP contribution is -2.14. The van der Waals surface area contributed by atoms with Gasteiger partial charge in [0.25, 0.3) is 0 Å². The van der Waals surface area contributed by atoms with E-state index in [0.717, 1.165) is 11.1 Å². The molecule has 18 heavy (non-hydrogen) atoms. The van der Waals surface area contributed by atoms with Crippen molar-refractivity contribution in [2.45, 2.75) is 33.6 Å². The SMILES string of the molecule is CC(C)C(c1ccc(-c2cn[nH]c2)cn1)C(C)C. The van der Waals surface area contributed by atoms with Gasteiger partial charge in [-0.15, -0.1) is 0 Å². The second-order valence-corrected chi connectivity index (χ2v) is 5.47. The minimum absolute atomic E-state index is 0.517. The van der Waals surface area contributed by atoms with Crippen LogP contribution >= 0.6 is 0 Å². The van der Waals surface area contributed by atoms with Gasteiger partial charge in [0.15, 0.2) is 0 Å². The number of hydrogen-bond donors (Lipinski definition) is 1. The fourth-order valence-electron chi connectivity index (χ4n) is 2.63. The van der Waals surface area contributed by atoms with Crippen molar-refractivity contribution < 1.29 is 0 Å². The van der Waals surface area contributed by atoms with E-state index < -0.39 is 0 Å². The van der Waals surface area contributed by atoms with Crippen LogP contribution in [0.2, 0.25) is 0 Å². The number of pyridine rings is 1. The van der Waals surface area contributed by atoms with Gasteiger partial charge in [0.1, 0.15) is 0 Å². The molecule has 3 heteroatoms. The zero-order valence-corrected chi connectivity index (χ0v) is 11.5. The third kappa shape index (κ3) is 2.61. The molecule has 0 spiro atoms. The molecule has 0 aliphatic rings. The predicted octanol–water partition coefficient (Wildman–Crippen LogP) is 3.87. The van der Waals surface area contributed by atoms with Crippen LogP contribution in [0.25, 0.3) is 11.1 Å². The quantitative estimate of drug-likeness (QED) is 0.885. The number of nitrogens with one attached hydrogen (secondary N) is 1. The highest BCUT2D eigenvalue weighted by Gasteiger charge is 2.20. The Balaban J connectivity index is 2.26. The second-order valence-electron chi connectivity index (χ2n) is 5.47. The van der Waals surface area contributed by atoms with Gasteiger partial charge in [0, 0.05) is 35.1 Å². The molecular formula is C15H21N3. The van der Waals surface area contributed by atoms with Crippen LogP contribution < -0.4 is 0 Å². The molecule has 2 heterocycles. The molecule has 0 aromatic carbocycles. The highest BCUT2D eigenvalue weighted by Crippen LogP contribution is 2.31. The summed E-state index contributed by atoms with van der Waals surface area (Å²) in [6, 6.07) is 4.28. The van der Waals surface area contributed by atoms with Gasteiger partial charge in [-0.25, -0.2) is 0 Å². The van der Waals surface area contributed by atoms with Crippen molar-refractivity contribution in [1.82, 2.24) is 15.2 Å². The van der Waals surface area contributed by atoms with Crippen LogP contribution in [0.3, 0.4) is 0 Å². The van der Waals surface area contributed by atoms with E-state index in [9.17, 15) is 0 Å². The van der Waals surface area contributed by atoms with Gasteiger partial charge in [0.05, 0.1) is 6.20 Å². The average Bonchev–Trinajstić information content (AvgIpc) is 2.82. The fourth-order valence-corrected chi connectivity index (χ4v) is 2.63. The Kier molecular flexibility index (Phi) is 3.80. The van der Waals surface area contributed by atoms with Crippen LogP contribution in [0, 0.1) is 11.8 Å². The Morgan fingerprint density at radius 1 is 0.944 bits per heavy atom. The molecule has 2 aromatic heterocycles. The maximum atomic E-state index is 4.64. The monoisotopic (exact) mass is 243 g/mol. The molecule has 0 bridgehead atoms. The zero-order valence-electron chi connectivity index (χ0n) is 11.5. The summed E-state index contributed by atoms with van der Waals surface area (Å²) in [4.78, 5) is 4.64. The number of rotatable bonds is 4. The van der Waals surface area contributed by atoms with Crippen molar-refractivity contribution in [3.63, 3.8) is 0 Å². The number of aromatic amines is 1. The van der Waals surface area contributed by atoms with Gasteiger partial charge in [-0.1, -0.05) is 33.8 Å². The molecule has 1 N–H and O–H groups in total. The first kappa shape index (κ1) is 12.8. The van der Waals surface area contributed by atoms with Crippen molar-refractivity contribution in [2.75, 3.05) is 0 Å². The third-order valence-corrected chi connectivity index (χ3v) is 3.40. The molecule has 2 aromatic rings. The van der Waals surface area contributed by atoms with E-state index >= 15 is 0 Å². The van der Waals surface area contributed by atoms with Crippen molar-refractivity contribution in [1.29, 1.82) is 0 Å². The summed E-state index contributed by atoms with van der Waals surface area (Å²) in [5.41, 5.74) is 3.38. The van der Waals surface area contributed by atoms with Gasteiger partial charge in [-0.3, -0.25) is 10.1 Å². The summed E-state index contributed by atoms with van der Waals surface area (Å²) in [5, 5.41) is 6.78. The lowest BCUT2D eigenvalue weighted by atomic mass is 9.82. The summed E-state index contributed by atoms with van der Waals surface area (Å²) >= 11 is 0. The molecular weight excluding hydrogens is 222 g/mol. The number of aromatic nitrogens is 3. The average molecular weight is 243 g/mol. The highest BCUT2D eigenvalue weighted by atomic mass is 15.1. The predicted molar refractivity (Wildman–Crippen MR) is 74.2 cm³/mol. The summed E-state index contributed by atoms with van der Waals surface area (Å²) in [7, 11) is 0. The smallest absolute Gasteiger partial charge is 0.0566 e. The van der Waals surface area contributed by atoms with E-state index in [4.69, 9.17) is 0 Å². The van der Waals surface area contributed by atoms with E-state index in [2.05, 4.69) is 55.0 Å². The summed E-state index contributed by atoms with van der Waals surface area (Å²) in [5.74, 6) is 1.73. The molecule has 0 saturated carbocycles. The largest absolute Gasteiger partial charge is 0.285 e. The molecule has 0 amide bonds. The molecule has 0 aliphatic carbocycles. The van der Waals surface area contributed by atoms with Crippen molar-refractivity contribution >= 4 is 0 Å². The fraction of sp³-hybridized carbons (Fsp3) is 0.467. The van der Waals surface area contributed by atoms with Crippen molar-refractivity contribution in [2.24, 2.45) is 11.8 Å². The van der Waals surface area contributed by atoms with Gasteiger partial charge in [0.2, 0.25) is 0 Å². The van der Waals surface area contributed by atoms with Crippen LogP contribution in [0.4, 0.5) is 0 Å². The molecule has 0 atom stereocenters. The Labute approximate surface area is 109 Å². The lowest BCUT2D eigenvalue weighted by molar-refractivity contribution is 0.380. The van der Waals surface area contributed by atoms with Crippen LogP contribution in [0.15, 0.2) is 30.7 Å². The normalized spacial score (nSPS) is 11.7. The molecule has 3 nitrogen and oxygen atoms in total. The summed E-state index contributed by atoms with van der Waals surface area (Å²) in [6.45, 7) is 9.04. The van der Waals surface area contributed by atoms with Gasteiger partial charge >= 0.3 is 0 Å². The first-order chi connectivity index (χ1) is 8.59. The van der Waals surface area contributed by atoms with Gasteiger partial charge < -0.3 is 0 Å². The first-order valence-electron chi connectivity index (χ1n) is 6.54. The van der Waals surface area contributed by atoms with Crippen LogP contribution in [0.5, 0.6) is 0 Å². The van der Waals surface area contributed by atoms with Crippen LogP contribution in [0.1, 0.15) is 39.3 Å². The van der Waals surface area contributed by atoms with Crippen LogP contribution in [-0.4, -0.2) is 15.2 Å². The van der Waals surface area contributed by atoms with E-state index in [-0.39, 0.29) is 0 Å². The van der Waals surface area contributed by atoms with Gasteiger partial charge in [-0.2, -0.15) is 5.10 Å². The highest BCUT2D eigenvalue weighted by molar-refractivity contribution is 5.60. The molecule has 96 valence electrons. The van der Waals surface area contributed by atoms with E-state index in [1.165, 1.54) is 5.69 Å². The Hall–Kier alpha value is -1.64. The lowest BCUT2D eigenvalue weighted by Gasteiger charge is -2.24. The van der Waals surface area contributed by atoms with Crippen molar-refractivity contribution in [3.05, 3.63) is 36.4 Å². The first-order valence-corrected chi connectivity index (χ1v) is 6.54. The Morgan fingerprint density at radius 2 is 1.67 bits per heavy atom. The van der Waals surface area contributed by atoms with Gasteiger partial charge in [-0.05, 0) is 17.9 Å². The second kappa shape index (κ2) is 5.34. The van der Waals surface area contributed by atoms with E-state index in [0.29, 0.717) is 17.8 Å². The summed E-state index contributed by atoms with van der Waals surface area (Å²) < 4.78 is 0. The van der Waals surface area contributed by atoms with Crippen LogP contribution in [-0.2, 0) is 0 Å². The zero-order chi connectivity index (χ0) is 13.1. The molecule has 0 saturated heterocycles. The van der Waals surface area contributed by atoms with E-state index in [1.807, 2.05) is 18.6 Å². The van der Waals surface area contributed by atoms with E-state index in [1.54, 1.807) is 0 Å². The molecule has 0 unspecified atom stereocenters. The standard InChI is InChI=1S/C15H21N3/c1-10(2)15(11(3)4)14-6-5-12(7-16-14)13-8-17-18-9-13/h5-11,15H,1-4H3,(H,17,18). The molecule has 0 radical (unpaired) electrons. The van der Waals surface area contributed by atoms with Crippen molar-refractivity contribution in [3.8, 4) is 11.1 Å². The number of H-pyrrole nitrogens is 1. The topological polar surface area (TPSA) is 41.6 Å². The third-order valence-electron chi connectivity index (χ3n) is 3.40. The Morgan fingerprint density at radius 3 is 2.11 bits per heavy atom. The number of hydrogen-bond acceptors (Lipinski definition) is 2. The maximum absolute atomic E-state index is 4.64. The summed E-state index contributed by atoms with van der Waals surface area (Å²) in [6.07, 6.45) is 5.65. The molecule has 2 rings (SSSR count). The number of nitrogens with zero attached hydrogens (tertiary/aromatic N) is 2. The maximum Gasteiger partial charge on any atom is 0.0566 e.